The molecule has 13 heavy (non-hydrogen) atoms. The minimum Gasteiger partial charge on any atom is -0.507 e. The standard InChI is InChI=1S/C8H6Br4O/c1-3-5(10)7(12)6(11)4(2-9)8(3)13/h13H,2H2,1H3. The molecule has 0 aliphatic rings. The molecule has 0 bridgehead atoms. The van der Waals surface area contributed by atoms with Gasteiger partial charge >= 0.3 is 0 Å². The van der Waals surface area contributed by atoms with Crippen LogP contribution in [0.3, 0.4) is 0 Å². The van der Waals surface area contributed by atoms with Crippen molar-refractivity contribution in [2.24, 2.45) is 0 Å². The predicted octanol–water partition coefficient (Wildman–Crippen LogP) is 4.88. The number of rotatable bonds is 1. The van der Waals surface area contributed by atoms with Crippen LogP contribution < -0.4 is 0 Å². The number of halogens is 4. The molecule has 0 aromatic heterocycles. The largest absolute Gasteiger partial charge is 0.507 e. The molecule has 1 rings (SSSR count). The third-order valence-corrected chi connectivity index (χ3v) is 6.04. The molecule has 1 nitrogen and oxygen atoms in total. The maximum atomic E-state index is 9.77. The fourth-order valence-electron chi connectivity index (χ4n) is 0.950. The van der Waals surface area contributed by atoms with Crippen LogP contribution in [0.25, 0.3) is 0 Å². The van der Waals surface area contributed by atoms with E-state index in [4.69, 9.17) is 0 Å². The van der Waals surface area contributed by atoms with Crippen molar-refractivity contribution in [1.82, 2.24) is 0 Å². The molecule has 1 aromatic rings. The molecule has 0 heterocycles. The number of hydrogen-bond donors (Lipinski definition) is 1. The highest BCUT2D eigenvalue weighted by atomic mass is 79.9. The summed E-state index contributed by atoms with van der Waals surface area (Å²) in [6.07, 6.45) is 0. The number of phenols is 1. The Morgan fingerprint density at radius 1 is 1.08 bits per heavy atom. The average Bonchev–Trinajstić information content (AvgIpc) is 2.13. The van der Waals surface area contributed by atoms with Crippen molar-refractivity contribution in [3.63, 3.8) is 0 Å². The predicted molar refractivity (Wildman–Crippen MR) is 68.6 cm³/mol. The first-order chi connectivity index (χ1) is 6.00. The molecule has 0 saturated heterocycles. The van der Waals surface area contributed by atoms with E-state index in [1.165, 1.54) is 0 Å². The minimum atomic E-state index is 0.318. The van der Waals surface area contributed by atoms with Crippen LogP contribution in [0, 0.1) is 6.92 Å². The molecule has 72 valence electrons. The summed E-state index contributed by atoms with van der Waals surface area (Å²) < 4.78 is 2.68. The lowest BCUT2D eigenvalue weighted by atomic mass is 10.1. The van der Waals surface area contributed by atoms with Crippen LogP contribution in [0.4, 0.5) is 0 Å². The first-order valence-electron chi connectivity index (χ1n) is 3.41. The van der Waals surface area contributed by atoms with E-state index >= 15 is 0 Å². The topological polar surface area (TPSA) is 20.2 Å². The summed E-state index contributed by atoms with van der Waals surface area (Å²) in [5, 5.41) is 10.4. The van der Waals surface area contributed by atoms with Crippen molar-refractivity contribution in [2.75, 3.05) is 0 Å². The van der Waals surface area contributed by atoms with Crippen LogP contribution in [0.5, 0.6) is 5.75 Å². The van der Waals surface area contributed by atoms with Gasteiger partial charge in [0, 0.05) is 29.9 Å². The summed E-state index contributed by atoms with van der Waals surface area (Å²) in [7, 11) is 0. The van der Waals surface area contributed by atoms with Crippen LogP contribution in [-0.4, -0.2) is 5.11 Å². The zero-order valence-electron chi connectivity index (χ0n) is 6.67. The number of aromatic hydroxyl groups is 1. The summed E-state index contributed by atoms with van der Waals surface area (Å²) >= 11 is 13.6. The van der Waals surface area contributed by atoms with Crippen LogP contribution in [0.2, 0.25) is 0 Å². The van der Waals surface area contributed by atoms with Crippen LogP contribution in [0.1, 0.15) is 11.1 Å². The summed E-state index contributed by atoms with van der Waals surface area (Å²) in [5.41, 5.74) is 1.69. The van der Waals surface area contributed by atoms with Crippen molar-refractivity contribution in [3.05, 3.63) is 24.5 Å². The maximum absolute atomic E-state index is 9.77. The first-order valence-corrected chi connectivity index (χ1v) is 6.91. The van der Waals surface area contributed by atoms with E-state index in [2.05, 4.69) is 63.7 Å². The molecule has 5 heteroatoms. The van der Waals surface area contributed by atoms with Crippen LogP contribution >= 0.6 is 63.7 Å². The van der Waals surface area contributed by atoms with Crippen molar-refractivity contribution >= 4 is 63.7 Å². The molecule has 0 atom stereocenters. The average molecular weight is 438 g/mol. The highest BCUT2D eigenvalue weighted by Crippen LogP contribution is 2.42. The van der Waals surface area contributed by atoms with E-state index in [1.54, 1.807) is 0 Å². The van der Waals surface area contributed by atoms with Crippen molar-refractivity contribution in [1.29, 1.82) is 0 Å². The molecule has 0 spiro atoms. The minimum absolute atomic E-state index is 0.318. The Balaban J connectivity index is 3.56. The van der Waals surface area contributed by atoms with Gasteiger partial charge in [0.15, 0.2) is 0 Å². The monoisotopic (exact) mass is 434 g/mol. The molecule has 0 aliphatic heterocycles. The number of hydrogen-bond acceptors (Lipinski definition) is 1. The lowest BCUT2D eigenvalue weighted by Crippen LogP contribution is -1.89. The number of benzene rings is 1. The second-order valence-corrected chi connectivity index (χ2v) is 5.47. The van der Waals surface area contributed by atoms with Gasteiger partial charge in [-0.3, -0.25) is 0 Å². The molecular weight excluding hydrogens is 432 g/mol. The van der Waals surface area contributed by atoms with Gasteiger partial charge in [-0.15, -0.1) is 0 Å². The molecule has 0 saturated carbocycles. The van der Waals surface area contributed by atoms with E-state index in [9.17, 15) is 5.11 Å². The van der Waals surface area contributed by atoms with Crippen molar-refractivity contribution < 1.29 is 5.11 Å². The summed E-state index contributed by atoms with van der Waals surface area (Å²) in [6.45, 7) is 1.86. The van der Waals surface area contributed by atoms with E-state index < -0.39 is 0 Å². The van der Waals surface area contributed by atoms with Gasteiger partial charge in [0.2, 0.25) is 0 Å². The second-order valence-electron chi connectivity index (χ2n) is 2.53. The highest BCUT2D eigenvalue weighted by molar-refractivity contribution is 9.14. The van der Waals surface area contributed by atoms with Crippen molar-refractivity contribution in [2.45, 2.75) is 12.3 Å². The van der Waals surface area contributed by atoms with E-state index in [-0.39, 0.29) is 0 Å². The van der Waals surface area contributed by atoms with Gasteiger partial charge in [-0.2, -0.15) is 0 Å². The molecule has 0 amide bonds. The molecule has 1 N–H and O–H groups in total. The Hall–Kier alpha value is 0.940. The normalized spacial score (nSPS) is 10.5. The van der Waals surface area contributed by atoms with Gasteiger partial charge in [0.25, 0.3) is 0 Å². The smallest absolute Gasteiger partial charge is 0.124 e. The Kier molecular flexibility index (Phi) is 4.29. The first kappa shape index (κ1) is 12.0. The van der Waals surface area contributed by atoms with Gasteiger partial charge in [0.05, 0.1) is 0 Å². The van der Waals surface area contributed by atoms with Gasteiger partial charge < -0.3 is 5.11 Å². The lowest BCUT2D eigenvalue weighted by Gasteiger charge is -2.11. The molecule has 0 aliphatic carbocycles. The quantitative estimate of drug-likeness (QED) is 0.490. The van der Waals surface area contributed by atoms with Crippen LogP contribution in [-0.2, 0) is 5.33 Å². The van der Waals surface area contributed by atoms with Gasteiger partial charge in [-0.1, -0.05) is 15.9 Å². The van der Waals surface area contributed by atoms with Crippen LogP contribution in [0.15, 0.2) is 13.4 Å². The van der Waals surface area contributed by atoms with Gasteiger partial charge in [0.1, 0.15) is 5.75 Å². The SMILES string of the molecule is Cc1c(O)c(CBr)c(Br)c(Br)c1Br. The Bertz CT molecular complexity index is 319. The number of alkyl halides is 1. The summed E-state index contributed by atoms with van der Waals surface area (Å²) in [6, 6.07) is 0. The molecule has 0 unspecified atom stereocenters. The van der Waals surface area contributed by atoms with Gasteiger partial charge in [-0.05, 0) is 54.7 Å². The van der Waals surface area contributed by atoms with E-state index in [0.29, 0.717) is 11.1 Å². The van der Waals surface area contributed by atoms with Gasteiger partial charge in [-0.25, -0.2) is 0 Å². The summed E-state index contributed by atoms with van der Waals surface area (Å²) in [4.78, 5) is 0. The number of phenolic OH excluding ortho intramolecular Hbond substituents is 1. The fraction of sp³-hybridized carbons (Fsp3) is 0.250. The summed E-state index contributed by atoms with van der Waals surface area (Å²) in [5.74, 6) is 0.318. The Morgan fingerprint density at radius 2 is 1.62 bits per heavy atom. The second kappa shape index (κ2) is 4.64. The maximum Gasteiger partial charge on any atom is 0.124 e. The fourth-order valence-corrected chi connectivity index (χ4v) is 3.59. The molecule has 1 aromatic carbocycles. The molecule has 0 fully saturated rings. The Morgan fingerprint density at radius 3 is 2.08 bits per heavy atom. The lowest BCUT2D eigenvalue weighted by molar-refractivity contribution is 0.465. The van der Waals surface area contributed by atoms with Crippen molar-refractivity contribution in [3.8, 4) is 5.75 Å². The zero-order valence-corrected chi connectivity index (χ0v) is 13.0. The zero-order chi connectivity index (χ0) is 10.2. The Labute approximate surface area is 110 Å². The highest BCUT2D eigenvalue weighted by Gasteiger charge is 2.16. The third kappa shape index (κ3) is 2.13. The third-order valence-electron chi connectivity index (χ3n) is 1.75. The molecule has 0 radical (unpaired) electrons. The van der Waals surface area contributed by atoms with E-state index in [1.807, 2.05) is 6.92 Å². The molecular formula is C8H6Br4O. The van der Waals surface area contributed by atoms with E-state index in [0.717, 1.165) is 24.5 Å².